The molecule has 0 aromatic heterocycles. The van der Waals surface area contributed by atoms with Gasteiger partial charge in [0.1, 0.15) is 11.7 Å². The minimum absolute atomic E-state index is 0.124. The largest absolute Gasteiger partial charge is 0.457 e. The maximum absolute atomic E-state index is 13.6. The van der Waals surface area contributed by atoms with Gasteiger partial charge in [0, 0.05) is 24.2 Å². The Bertz CT molecular complexity index is 811. The summed E-state index contributed by atoms with van der Waals surface area (Å²) < 4.78 is 11.8. The number of hydrogen-bond donors (Lipinski definition) is 3. The normalized spacial score (nSPS) is 58.5. The molecule has 3 N–H and O–H groups in total. The van der Waals surface area contributed by atoms with E-state index in [0.29, 0.717) is 19.3 Å². The highest BCUT2D eigenvalue weighted by molar-refractivity contribution is 5.93. The van der Waals surface area contributed by atoms with Gasteiger partial charge in [0.25, 0.3) is 0 Å². The van der Waals surface area contributed by atoms with E-state index in [0.717, 1.165) is 0 Å². The Labute approximate surface area is 171 Å². The molecule has 0 radical (unpaired) electrons. The number of rotatable bonds is 2. The average Bonchev–Trinajstić information content (AvgIpc) is 3.27. The molecule has 29 heavy (non-hydrogen) atoms. The Hall–Kier alpha value is -1.28. The van der Waals surface area contributed by atoms with E-state index in [1.54, 1.807) is 13.8 Å². The molecule has 1 aliphatic heterocycles. The molecule has 162 valence electrons. The van der Waals surface area contributed by atoms with Gasteiger partial charge in [0.05, 0.1) is 11.7 Å². The first-order valence-electron chi connectivity index (χ1n) is 10.3. The van der Waals surface area contributed by atoms with E-state index in [4.69, 9.17) is 9.47 Å². The van der Waals surface area contributed by atoms with E-state index in [1.807, 2.05) is 6.92 Å². The fourth-order valence-corrected chi connectivity index (χ4v) is 7.48. The molecule has 0 aromatic rings. The lowest BCUT2D eigenvalue weighted by Crippen LogP contribution is -2.86. The molecule has 7 nitrogen and oxygen atoms in total. The quantitative estimate of drug-likeness (QED) is 0.466. The van der Waals surface area contributed by atoms with Crippen molar-refractivity contribution in [1.29, 1.82) is 0 Å². The number of hydrogen-bond acceptors (Lipinski definition) is 7. The van der Waals surface area contributed by atoms with Crippen molar-refractivity contribution >= 4 is 11.8 Å². The molecule has 0 aromatic carbocycles. The highest BCUT2D eigenvalue weighted by atomic mass is 16.6. The van der Waals surface area contributed by atoms with Gasteiger partial charge in [-0.15, -0.1) is 6.58 Å². The Kier molecular flexibility index (Phi) is 3.97. The molecule has 1 saturated heterocycles. The number of Topliss-reactive ketones (excluding diaryl/α,β-unsaturated/α-hetero) is 1. The van der Waals surface area contributed by atoms with E-state index in [9.17, 15) is 24.9 Å². The molecule has 4 aliphatic rings. The fraction of sp³-hybridized carbons (Fsp3) is 0.818. The Morgan fingerprint density at radius 1 is 1.28 bits per heavy atom. The molecule has 0 amide bonds. The van der Waals surface area contributed by atoms with Gasteiger partial charge in [0.15, 0.2) is 17.5 Å². The molecule has 4 rings (SSSR count). The van der Waals surface area contributed by atoms with E-state index < -0.39 is 57.7 Å². The van der Waals surface area contributed by atoms with Crippen LogP contribution < -0.4 is 0 Å². The first kappa shape index (κ1) is 21.0. The van der Waals surface area contributed by atoms with E-state index >= 15 is 0 Å². The lowest BCUT2D eigenvalue weighted by atomic mass is 9.41. The molecule has 9 atom stereocenters. The van der Waals surface area contributed by atoms with Crippen molar-refractivity contribution in [1.82, 2.24) is 0 Å². The molecule has 1 unspecified atom stereocenters. The topological polar surface area (TPSA) is 113 Å². The van der Waals surface area contributed by atoms with Crippen molar-refractivity contribution in [3.63, 3.8) is 0 Å². The Morgan fingerprint density at radius 3 is 2.45 bits per heavy atom. The lowest BCUT2D eigenvalue weighted by Gasteiger charge is -2.70. The summed E-state index contributed by atoms with van der Waals surface area (Å²) in [6, 6.07) is 0. The number of fused-ring (bicyclic) bond motifs is 2. The highest BCUT2D eigenvalue weighted by Gasteiger charge is 2.91. The second kappa shape index (κ2) is 5.49. The summed E-state index contributed by atoms with van der Waals surface area (Å²) >= 11 is 0. The molecular weight excluding hydrogens is 376 g/mol. The van der Waals surface area contributed by atoms with Crippen molar-refractivity contribution in [2.45, 2.75) is 95.4 Å². The van der Waals surface area contributed by atoms with Crippen LogP contribution in [-0.4, -0.2) is 62.2 Å². The van der Waals surface area contributed by atoms with Crippen molar-refractivity contribution in [3.8, 4) is 0 Å². The molecule has 1 heterocycles. The summed E-state index contributed by atoms with van der Waals surface area (Å²) in [5.74, 6) is -1.13. The Balaban J connectivity index is 2.01. The zero-order valence-corrected chi connectivity index (χ0v) is 17.8. The maximum atomic E-state index is 13.6. The molecule has 1 spiro atoms. The molecule has 0 bridgehead atoms. The molecule has 4 fully saturated rings. The second-order valence-corrected chi connectivity index (χ2v) is 10.5. The van der Waals surface area contributed by atoms with Crippen LogP contribution in [0, 0.1) is 16.2 Å². The first-order chi connectivity index (χ1) is 13.2. The molecule has 3 saturated carbocycles. The van der Waals surface area contributed by atoms with Crippen LogP contribution in [0.4, 0.5) is 0 Å². The number of carbonyl (C=O) groups is 2. The number of aliphatic hydroxyl groups is 3. The van der Waals surface area contributed by atoms with Gasteiger partial charge in [0.2, 0.25) is 0 Å². The SMILES string of the molecule is C=C[C@@]1(C)CC(=O)[C@]2(O)[C@@]3(C)[C@@H](O)CCC4(C)C[C@]43[C@H](O)[C@H](OC(C)=O)[C@@]2(C)O1. The summed E-state index contributed by atoms with van der Waals surface area (Å²) in [7, 11) is 0. The van der Waals surface area contributed by atoms with Gasteiger partial charge >= 0.3 is 5.97 Å². The zero-order chi connectivity index (χ0) is 21.8. The summed E-state index contributed by atoms with van der Waals surface area (Å²) in [5, 5.41) is 35.0. The number of esters is 1. The van der Waals surface area contributed by atoms with Crippen LogP contribution in [-0.2, 0) is 19.1 Å². The summed E-state index contributed by atoms with van der Waals surface area (Å²) in [5.41, 5.74) is -7.74. The third kappa shape index (κ3) is 1.98. The van der Waals surface area contributed by atoms with E-state index in [-0.39, 0.29) is 11.8 Å². The third-order valence-corrected chi connectivity index (χ3v) is 9.07. The average molecular weight is 408 g/mol. The summed E-state index contributed by atoms with van der Waals surface area (Å²) in [4.78, 5) is 25.6. The van der Waals surface area contributed by atoms with Crippen molar-refractivity contribution in [2.24, 2.45) is 16.2 Å². The van der Waals surface area contributed by atoms with Gasteiger partial charge in [-0.25, -0.2) is 0 Å². The van der Waals surface area contributed by atoms with Gasteiger partial charge in [-0.1, -0.05) is 19.9 Å². The van der Waals surface area contributed by atoms with Gasteiger partial charge in [-0.05, 0) is 38.5 Å². The van der Waals surface area contributed by atoms with Gasteiger partial charge in [-0.3, -0.25) is 9.59 Å². The van der Waals surface area contributed by atoms with Crippen LogP contribution >= 0.6 is 0 Å². The molecular formula is C22H32O7. The molecule has 7 heteroatoms. The van der Waals surface area contributed by atoms with Crippen LogP contribution in [0.3, 0.4) is 0 Å². The van der Waals surface area contributed by atoms with Crippen molar-refractivity contribution < 1.29 is 34.4 Å². The second-order valence-electron chi connectivity index (χ2n) is 10.5. The summed E-state index contributed by atoms with van der Waals surface area (Å²) in [6.07, 6.45) is -0.550. The summed E-state index contributed by atoms with van der Waals surface area (Å²) in [6.45, 7) is 11.8. The monoisotopic (exact) mass is 408 g/mol. The smallest absolute Gasteiger partial charge is 0.303 e. The van der Waals surface area contributed by atoms with Crippen LogP contribution in [0.15, 0.2) is 12.7 Å². The van der Waals surface area contributed by atoms with Crippen LogP contribution in [0.5, 0.6) is 0 Å². The number of carbonyl (C=O) groups excluding carboxylic acids is 2. The highest BCUT2D eigenvalue weighted by Crippen LogP contribution is 2.84. The molecule has 3 aliphatic carbocycles. The first-order valence-corrected chi connectivity index (χ1v) is 10.3. The Morgan fingerprint density at radius 2 is 1.90 bits per heavy atom. The minimum atomic E-state index is -2.15. The van der Waals surface area contributed by atoms with Crippen LogP contribution in [0.25, 0.3) is 0 Å². The van der Waals surface area contributed by atoms with E-state index in [1.165, 1.54) is 19.9 Å². The van der Waals surface area contributed by atoms with E-state index in [2.05, 4.69) is 6.58 Å². The number of aliphatic hydroxyl groups excluding tert-OH is 2. The number of ether oxygens (including phenoxy) is 2. The lowest BCUT2D eigenvalue weighted by molar-refractivity contribution is -0.369. The van der Waals surface area contributed by atoms with Crippen molar-refractivity contribution in [3.05, 3.63) is 12.7 Å². The fourth-order valence-electron chi connectivity index (χ4n) is 7.48. The predicted molar refractivity (Wildman–Crippen MR) is 103 cm³/mol. The van der Waals surface area contributed by atoms with Crippen LogP contribution in [0.1, 0.15) is 60.3 Å². The number of ketones is 1. The standard InChI is InChI=1S/C22H32O7/c1-7-18(4)10-14(25)22(27)19(5)13(24)8-9-17(3)11-21(17,19)15(26)16(28-12(2)23)20(22,6)29-18/h7,13,15-16,24,26-27H,1,8-11H2,2-6H3/t13-,15+,16-,17?,18-,19-,20+,21-,22-/m0/s1. The van der Waals surface area contributed by atoms with Crippen LogP contribution in [0.2, 0.25) is 0 Å². The van der Waals surface area contributed by atoms with Crippen molar-refractivity contribution in [2.75, 3.05) is 0 Å². The zero-order valence-electron chi connectivity index (χ0n) is 17.8. The predicted octanol–water partition coefficient (Wildman–Crippen LogP) is 1.27. The third-order valence-electron chi connectivity index (χ3n) is 9.07. The van der Waals surface area contributed by atoms with Gasteiger partial charge < -0.3 is 24.8 Å². The van der Waals surface area contributed by atoms with Gasteiger partial charge in [-0.2, -0.15) is 0 Å². The maximum Gasteiger partial charge on any atom is 0.303 e. The minimum Gasteiger partial charge on any atom is -0.457 e.